The highest BCUT2D eigenvalue weighted by atomic mass is 32.2. The van der Waals surface area contributed by atoms with Gasteiger partial charge in [-0.1, -0.05) is 0 Å². The average Bonchev–Trinajstić information content (AvgIpc) is 3.13. The Balaban J connectivity index is 1.72. The summed E-state index contributed by atoms with van der Waals surface area (Å²) in [4.78, 5) is 34.2. The molecular formula is C17H14FN7O4S. The van der Waals surface area contributed by atoms with Crippen LogP contribution >= 0.6 is 11.8 Å². The molecule has 0 fully saturated rings. The maximum Gasteiger partial charge on any atom is 0.283 e. The molecule has 3 rings (SSSR count). The molecule has 0 aliphatic rings. The van der Waals surface area contributed by atoms with Gasteiger partial charge in [-0.05, 0) is 47.7 Å². The van der Waals surface area contributed by atoms with Crippen molar-refractivity contribution in [3.8, 4) is 5.69 Å². The molecular weight excluding hydrogens is 417 g/mol. The Morgan fingerprint density at radius 3 is 2.70 bits per heavy atom. The molecule has 1 aromatic heterocycles. The lowest BCUT2D eigenvalue weighted by Crippen LogP contribution is -2.15. The van der Waals surface area contributed by atoms with E-state index < -0.39 is 22.6 Å². The third-order valence-electron chi connectivity index (χ3n) is 3.88. The molecule has 0 saturated heterocycles. The van der Waals surface area contributed by atoms with Crippen molar-refractivity contribution in [2.24, 2.45) is 5.73 Å². The van der Waals surface area contributed by atoms with E-state index in [4.69, 9.17) is 5.73 Å². The highest BCUT2D eigenvalue weighted by Crippen LogP contribution is 2.30. The minimum Gasteiger partial charge on any atom is -0.366 e. The summed E-state index contributed by atoms with van der Waals surface area (Å²) < 4.78 is 15.3. The zero-order valence-electron chi connectivity index (χ0n) is 15.4. The van der Waals surface area contributed by atoms with Crippen LogP contribution in [-0.2, 0) is 4.79 Å². The Hall–Kier alpha value is -3.87. The number of rotatable bonds is 7. The van der Waals surface area contributed by atoms with Crippen molar-refractivity contribution in [3.05, 3.63) is 63.7 Å². The van der Waals surface area contributed by atoms with Gasteiger partial charge in [0.15, 0.2) is 5.82 Å². The van der Waals surface area contributed by atoms with Crippen LogP contribution in [0.2, 0.25) is 0 Å². The largest absolute Gasteiger partial charge is 0.366 e. The van der Waals surface area contributed by atoms with E-state index in [1.165, 1.54) is 28.9 Å². The van der Waals surface area contributed by atoms with E-state index in [2.05, 4.69) is 20.8 Å². The number of aromatic nitrogens is 4. The standard InChI is InChI=1S/C17H14FN7O4S/c1-9-21-22-23-24(9)13-7-11(3-4-12(13)18)20-16(26)8-30-15-5-2-10(17(19)27)6-14(15)25(28)29/h2-7H,8H2,1H3,(H2,19,27)(H,20,26). The third-order valence-corrected chi connectivity index (χ3v) is 4.95. The number of hydrogen-bond acceptors (Lipinski definition) is 8. The van der Waals surface area contributed by atoms with Crippen LogP contribution in [0.3, 0.4) is 0 Å². The molecule has 154 valence electrons. The lowest BCUT2D eigenvalue weighted by molar-refractivity contribution is -0.387. The van der Waals surface area contributed by atoms with Gasteiger partial charge in [-0.3, -0.25) is 19.7 Å². The van der Waals surface area contributed by atoms with Gasteiger partial charge < -0.3 is 11.1 Å². The summed E-state index contributed by atoms with van der Waals surface area (Å²) in [7, 11) is 0. The maximum absolute atomic E-state index is 14.1. The quantitative estimate of drug-likeness (QED) is 0.326. The number of nitrogens with two attached hydrogens (primary N) is 1. The van der Waals surface area contributed by atoms with Crippen molar-refractivity contribution < 1.29 is 18.9 Å². The van der Waals surface area contributed by atoms with Crippen molar-refractivity contribution in [1.29, 1.82) is 0 Å². The van der Waals surface area contributed by atoms with E-state index in [0.717, 1.165) is 23.9 Å². The molecule has 0 radical (unpaired) electrons. The van der Waals surface area contributed by atoms with Crippen molar-refractivity contribution in [2.75, 3.05) is 11.1 Å². The topological polar surface area (TPSA) is 159 Å². The molecule has 0 spiro atoms. The minimum absolute atomic E-state index is 0.00719. The van der Waals surface area contributed by atoms with Crippen LogP contribution in [0.5, 0.6) is 0 Å². The van der Waals surface area contributed by atoms with Crippen LogP contribution < -0.4 is 11.1 Å². The predicted octanol–water partition coefficient (Wildman–Crippen LogP) is 1.85. The van der Waals surface area contributed by atoms with Crippen molar-refractivity contribution in [2.45, 2.75) is 11.8 Å². The molecule has 2 aromatic carbocycles. The molecule has 0 bridgehead atoms. The van der Waals surface area contributed by atoms with Crippen molar-refractivity contribution >= 4 is 35.0 Å². The number of carbonyl (C=O) groups is 2. The molecule has 0 unspecified atom stereocenters. The number of thioether (sulfide) groups is 1. The molecule has 0 atom stereocenters. The number of aryl methyl sites for hydroxylation is 1. The lowest BCUT2D eigenvalue weighted by Gasteiger charge is -2.09. The fourth-order valence-corrected chi connectivity index (χ4v) is 3.29. The first-order valence-corrected chi connectivity index (χ1v) is 9.30. The van der Waals surface area contributed by atoms with Gasteiger partial charge >= 0.3 is 0 Å². The van der Waals surface area contributed by atoms with Crippen LogP contribution in [0, 0.1) is 22.9 Å². The molecule has 3 aromatic rings. The number of nitro groups is 1. The van der Waals surface area contributed by atoms with E-state index >= 15 is 0 Å². The van der Waals surface area contributed by atoms with Crippen LogP contribution in [-0.4, -0.2) is 42.7 Å². The van der Waals surface area contributed by atoms with Gasteiger partial charge in [0.1, 0.15) is 11.5 Å². The number of benzene rings is 2. The molecule has 0 aliphatic carbocycles. The number of nitrogens with one attached hydrogen (secondary N) is 1. The predicted molar refractivity (Wildman–Crippen MR) is 105 cm³/mol. The first-order chi connectivity index (χ1) is 14.3. The van der Waals surface area contributed by atoms with Gasteiger partial charge in [0.2, 0.25) is 11.8 Å². The van der Waals surface area contributed by atoms with Gasteiger partial charge in [0.25, 0.3) is 5.69 Å². The summed E-state index contributed by atoms with van der Waals surface area (Å²) in [5.74, 6) is -1.65. The highest BCUT2D eigenvalue weighted by Gasteiger charge is 2.18. The van der Waals surface area contributed by atoms with Gasteiger partial charge in [0.05, 0.1) is 15.6 Å². The normalized spacial score (nSPS) is 10.6. The number of carbonyl (C=O) groups excluding carboxylic acids is 2. The van der Waals surface area contributed by atoms with Crippen molar-refractivity contribution in [1.82, 2.24) is 20.2 Å². The summed E-state index contributed by atoms with van der Waals surface area (Å²) >= 11 is 0.913. The van der Waals surface area contributed by atoms with E-state index in [1.807, 2.05) is 0 Å². The zero-order chi connectivity index (χ0) is 21.8. The highest BCUT2D eigenvalue weighted by molar-refractivity contribution is 8.00. The first kappa shape index (κ1) is 20.9. The lowest BCUT2D eigenvalue weighted by atomic mass is 10.2. The van der Waals surface area contributed by atoms with E-state index in [9.17, 15) is 24.1 Å². The second-order valence-corrected chi connectivity index (χ2v) is 6.96. The average molecular weight is 431 g/mol. The third kappa shape index (κ3) is 4.57. The zero-order valence-corrected chi connectivity index (χ0v) is 16.2. The summed E-state index contributed by atoms with van der Waals surface area (Å²) in [5, 5.41) is 24.6. The van der Waals surface area contributed by atoms with Crippen LogP contribution in [0.25, 0.3) is 5.69 Å². The molecule has 1 heterocycles. The number of tetrazole rings is 1. The Kier molecular flexibility index (Phi) is 6.01. The molecule has 3 N–H and O–H groups in total. The van der Waals surface area contributed by atoms with Crippen molar-refractivity contribution in [3.63, 3.8) is 0 Å². The molecule has 0 saturated carbocycles. The monoisotopic (exact) mass is 431 g/mol. The summed E-state index contributed by atoms with van der Waals surface area (Å²) in [6.45, 7) is 1.59. The molecule has 11 nitrogen and oxygen atoms in total. The molecule has 2 amide bonds. The minimum atomic E-state index is -0.794. The SMILES string of the molecule is Cc1nnnn1-c1cc(NC(=O)CSc2ccc(C(N)=O)cc2[N+](=O)[O-])ccc1F. The fourth-order valence-electron chi connectivity index (χ4n) is 2.48. The summed E-state index contributed by atoms with van der Waals surface area (Å²) in [6, 6.07) is 7.65. The van der Waals surface area contributed by atoms with Gasteiger partial charge in [-0.15, -0.1) is 16.9 Å². The Bertz CT molecular complexity index is 1150. The smallest absolute Gasteiger partial charge is 0.283 e. The fraction of sp³-hybridized carbons (Fsp3) is 0.118. The van der Waals surface area contributed by atoms with Gasteiger partial charge in [-0.2, -0.15) is 4.68 Å². The Morgan fingerprint density at radius 2 is 2.07 bits per heavy atom. The molecule has 13 heteroatoms. The Morgan fingerprint density at radius 1 is 1.30 bits per heavy atom. The summed E-state index contributed by atoms with van der Waals surface area (Å²) in [5.41, 5.74) is 5.15. The number of halogens is 1. The van der Waals surface area contributed by atoms with Crippen LogP contribution in [0.1, 0.15) is 16.2 Å². The molecule has 0 aliphatic heterocycles. The second-order valence-electron chi connectivity index (χ2n) is 5.94. The number of amides is 2. The van der Waals surface area contributed by atoms with Gasteiger partial charge in [0, 0.05) is 17.3 Å². The van der Waals surface area contributed by atoms with E-state index in [-0.39, 0.29) is 27.6 Å². The number of nitrogens with zero attached hydrogens (tertiary/aromatic N) is 5. The number of primary amides is 1. The maximum atomic E-state index is 14.1. The summed E-state index contributed by atoms with van der Waals surface area (Å²) in [6.07, 6.45) is 0. The van der Waals surface area contributed by atoms with Crippen LogP contribution in [0.15, 0.2) is 41.3 Å². The second kappa shape index (κ2) is 8.65. The number of hydrogen-bond donors (Lipinski definition) is 2. The Labute approximate surface area is 172 Å². The number of anilines is 1. The van der Waals surface area contributed by atoms with E-state index in [0.29, 0.717) is 11.5 Å². The van der Waals surface area contributed by atoms with Crippen LogP contribution in [0.4, 0.5) is 15.8 Å². The first-order valence-electron chi connectivity index (χ1n) is 8.32. The van der Waals surface area contributed by atoms with E-state index in [1.54, 1.807) is 6.92 Å². The number of nitro benzene ring substituents is 1. The molecule has 30 heavy (non-hydrogen) atoms. The van der Waals surface area contributed by atoms with Gasteiger partial charge in [-0.25, -0.2) is 4.39 Å².